The third-order valence-corrected chi connectivity index (χ3v) is 2.56. The van der Waals surface area contributed by atoms with Gasteiger partial charge in [-0.05, 0) is 18.6 Å². The van der Waals surface area contributed by atoms with Gasteiger partial charge in [-0.3, -0.25) is 15.1 Å². The van der Waals surface area contributed by atoms with E-state index in [1.54, 1.807) is 25.4 Å². The van der Waals surface area contributed by atoms with Gasteiger partial charge in [-0.1, -0.05) is 11.6 Å². The Kier molecular flexibility index (Phi) is 3.91. The number of halogens is 1. The maximum atomic E-state index is 12.0. The Morgan fingerprint density at radius 3 is 2.89 bits per heavy atom. The molecule has 1 amide bonds. The van der Waals surface area contributed by atoms with E-state index in [2.05, 4.69) is 20.3 Å². The zero-order chi connectivity index (χ0) is 13.8. The standard InChI is InChI=1S/C12H11ClN4O2/c1-7-6-14-4-3-8(7)11(18)17-12-15-9(13)5-10(16-12)19-2/h3-6H,1-2H3,(H,15,16,17,18). The van der Waals surface area contributed by atoms with Crippen molar-refractivity contribution >= 4 is 23.5 Å². The van der Waals surface area contributed by atoms with Gasteiger partial charge in [0.1, 0.15) is 5.15 Å². The van der Waals surface area contributed by atoms with Crippen LogP contribution in [0.5, 0.6) is 5.88 Å². The van der Waals surface area contributed by atoms with Gasteiger partial charge >= 0.3 is 0 Å². The Balaban J connectivity index is 2.24. The van der Waals surface area contributed by atoms with Gasteiger partial charge in [-0.15, -0.1) is 0 Å². The minimum Gasteiger partial charge on any atom is -0.481 e. The number of carbonyl (C=O) groups is 1. The number of nitrogens with zero attached hydrogens (tertiary/aromatic N) is 3. The number of methoxy groups -OCH3 is 1. The zero-order valence-corrected chi connectivity index (χ0v) is 11.1. The second kappa shape index (κ2) is 5.62. The molecule has 0 fully saturated rings. The van der Waals surface area contributed by atoms with E-state index < -0.39 is 0 Å². The van der Waals surface area contributed by atoms with E-state index in [-0.39, 0.29) is 22.9 Å². The number of aromatic nitrogens is 3. The maximum Gasteiger partial charge on any atom is 0.258 e. The van der Waals surface area contributed by atoms with E-state index >= 15 is 0 Å². The molecule has 0 aliphatic carbocycles. The van der Waals surface area contributed by atoms with Gasteiger partial charge in [0.25, 0.3) is 5.91 Å². The fraction of sp³-hybridized carbons (Fsp3) is 0.167. The van der Waals surface area contributed by atoms with E-state index in [0.717, 1.165) is 5.56 Å². The smallest absolute Gasteiger partial charge is 0.258 e. The molecular formula is C12H11ClN4O2. The number of carbonyl (C=O) groups excluding carboxylic acids is 1. The summed E-state index contributed by atoms with van der Waals surface area (Å²) in [7, 11) is 1.46. The first-order chi connectivity index (χ1) is 9.10. The highest BCUT2D eigenvalue weighted by molar-refractivity contribution is 6.29. The van der Waals surface area contributed by atoms with Crippen molar-refractivity contribution in [1.29, 1.82) is 0 Å². The highest BCUT2D eigenvalue weighted by Crippen LogP contribution is 2.16. The Bertz CT molecular complexity index is 618. The molecule has 0 aliphatic rings. The number of hydrogen-bond donors (Lipinski definition) is 1. The van der Waals surface area contributed by atoms with Crippen LogP contribution in [0.15, 0.2) is 24.5 Å². The molecule has 98 valence electrons. The fourth-order valence-corrected chi connectivity index (χ4v) is 1.63. The van der Waals surface area contributed by atoms with Gasteiger partial charge in [0.2, 0.25) is 11.8 Å². The highest BCUT2D eigenvalue weighted by Gasteiger charge is 2.11. The molecule has 2 aromatic heterocycles. The number of ether oxygens (including phenoxy) is 1. The van der Waals surface area contributed by atoms with Gasteiger partial charge in [0, 0.05) is 24.0 Å². The molecule has 0 aromatic carbocycles. The summed E-state index contributed by atoms with van der Waals surface area (Å²) >= 11 is 5.80. The third kappa shape index (κ3) is 3.17. The molecule has 2 heterocycles. The summed E-state index contributed by atoms with van der Waals surface area (Å²) in [4.78, 5) is 23.9. The number of nitrogens with one attached hydrogen (secondary N) is 1. The zero-order valence-electron chi connectivity index (χ0n) is 10.3. The molecule has 0 radical (unpaired) electrons. The third-order valence-electron chi connectivity index (χ3n) is 2.37. The molecule has 0 unspecified atom stereocenters. The van der Waals surface area contributed by atoms with E-state index in [9.17, 15) is 4.79 Å². The molecular weight excluding hydrogens is 268 g/mol. The van der Waals surface area contributed by atoms with Crippen LogP contribution in [0.3, 0.4) is 0 Å². The number of amides is 1. The van der Waals surface area contributed by atoms with E-state index in [0.29, 0.717) is 5.56 Å². The van der Waals surface area contributed by atoms with E-state index in [4.69, 9.17) is 16.3 Å². The van der Waals surface area contributed by atoms with E-state index in [1.807, 2.05) is 0 Å². The summed E-state index contributed by atoms with van der Waals surface area (Å²) in [5, 5.41) is 2.75. The number of pyridine rings is 1. The number of rotatable bonds is 3. The minimum atomic E-state index is -0.329. The van der Waals surface area contributed by atoms with Crippen LogP contribution in [0.25, 0.3) is 0 Å². The van der Waals surface area contributed by atoms with Crippen LogP contribution in [0.1, 0.15) is 15.9 Å². The summed E-state index contributed by atoms with van der Waals surface area (Å²) in [6.07, 6.45) is 3.15. The van der Waals surface area contributed by atoms with Crippen molar-refractivity contribution in [2.24, 2.45) is 0 Å². The monoisotopic (exact) mass is 278 g/mol. The fourth-order valence-electron chi connectivity index (χ4n) is 1.45. The molecule has 1 N–H and O–H groups in total. The van der Waals surface area contributed by atoms with E-state index in [1.165, 1.54) is 13.2 Å². The molecule has 0 bridgehead atoms. The Morgan fingerprint density at radius 2 is 2.21 bits per heavy atom. The average Bonchev–Trinajstić information content (AvgIpc) is 2.38. The van der Waals surface area contributed by atoms with Crippen LogP contribution in [0.4, 0.5) is 5.95 Å². The molecule has 0 aliphatic heterocycles. The van der Waals surface area contributed by atoms with Crippen LogP contribution in [-0.2, 0) is 0 Å². The first-order valence-electron chi connectivity index (χ1n) is 5.40. The van der Waals surface area contributed by atoms with Crippen LogP contribution in [0.2, 0.25) is 5.15 Å². The van der Waals surface area contributed by atoms with Gasteiger partial charge < -0.3 is 4.74 Å². The van der Waals surface area contributed by atoms with Crippen molar-refractivity contribution in [2.45, 2.75) is 6.92 Å². The number of aryl methyl sites for hydroxylation is 1. The summed E-state index contributed by atoms with van der Waals surface area (Å²) < 4.78 is 4.95. The lowest BCUT2D eigenvalue weighted by Crippen LogP contribution is -2.15. The lowest BCUT2D eigenvalue weighted by atomic mass is 10.1. The number of anilines is 1. The van der Waals surface area contributed by atoms with Crippen molar-refractivity contribution in [2.75, 3.05) is 12.4 Å². The van der Waals surface area contributed by atoms with Gasteiger partial charge in [0.15, 0.2) is 0 Å². The maximum absolute atomic E-state index is 12.0. The average molecular weight is 279 g/mol. The summed E-state index contributed by atoms with van der Waals surface area (Å²) in [6, 6.07) is 3.07. The van der Waals surface area contributed by atoms with Gasteiger partial charge in [-0.25, -0.2) is 4.98 Å². The van der Waals surface area contributed by atoms with Crippen LogP contribution < -0.4 is 10.1 Å². The van der Waals surface area contributed by atoms with Crippen LogP contribution in [0, 0.1) is 6.92 Å². The molecule has 0 atom stereocenters. The lowest BCUT2D eigenvalue weighted by molar-refractivity contribution is 0.102. The van der Waals surface area contributed by atoms with Crippen molar-refractivity contribution in [3.8, 4) is 5.88 Å². The Labute approximate surface area is 114 Å². The predicted molar refractivity (Wildman–Crippen MR) is 70.5 cm³/mol. The van der Waals surface area contributed by atoms with Crippen molar-refractivity contribution in [1.82, 2.24) is 15.0 Å². The molecule has 0 saturated heterocycles. The molecule has 0 spiro atoms. The summed E-state index contributed by atoms with van der Waals surface area (Å²) in [6.45, 7) is 1.79. The van der Waals surface area contributed by atoms with Crippen molar-refractivity contribution in [3.05, 3.63) is 40.8 Å². The van der Waals surface area contributed by atoms with Crippen molar-refractivity contribution < 1.29 is 9.53 Å². The molecule has 6 nitrogen and oxygen atoms in total. The second-order valence-corrected chi connectivity index (χ2v) is 4.09. The first-order valence-corrected chi connectivity index (χ1v) is 5.78. The molecule has 2 aromatic rings. The topological polar surface area (TPSA) is 77.0 Å². The van der Waals surface area contributed by atoms with Gasteiger partial charge in [0.05, 0.1) is 7.11 Å². The minimum absolute atomic E-state index is 0.0885. The van der Waals surface area contributed by atoms with Crippen LogP contribution in [-0.4, -0.2) is 28.0 Å². The SMILES string of the molecule is COc1cc(Cl)nc(NC(=O)c2ccncc2C)n1. The summed E-state index contributed by atoms with van der Waals surface area (Å²) in [5.41, 5.74) is 1.26. The highest BCUT2D eigenvalue weighted by atomic mass is 35.5. The largest absolute Gasteiger partial charge is 0.481 e. The molecule has 19 heavy (non-hydrogen) atoms. The summed E-state index contributed by atoms with van der Waals surface area (Å²) in [5.74, 6) is 0.0385. The Morgan fingerprint density at radius 1 is 1.42 bits per heavy atom. The van der Waals surface area contributed by atoms with Crippen LogP contribution >= 0.6 is 11.6 Å². The Hall–Kier alpha value is -2.21. The predicted octanol–water partition coefficient (Wildman–Crippen LogP) is 2.09. The first kappa shape index (κ1) is 13.2. The van der Waals surface area contributed by atoms with Crippen molar-refractivity contribution in [3.63, 3.8) is 0 Å². The molecule has 2 rings (SSSR count). The van der Waals surface area contributed by atoms with Gasteiger partial charge in [-0.2, -0.15) is 4.98 Å². The normalized spacial score (nSPS) is 10.1. The number of hydrogen-bond acceptors (Lipinski definition) is 5. The molecule has 7 heteroatoms. The second-order valence-electron chi connectivity index (χ2n) is 3.70. The molecule has 0 saturated carbocycles. The quantitative estimate of drug-likeness (QED) is 0.870. The lowest BCUT2D eigenvalue weighted by Gasteiger charge is -2.07.